The normalized spacial score (nSPS) is 14.7. The molecule has 1 amide bonds. The van der Waals surface area contributed by atoms with Gasteiger partial charge in [0, 0.05) is 18.3 Å². The fraction of sp³-hybridized carbons (Fsp3) is 0.353. The molecule has 0 unspecified atom stereocenters. The number of hydrogen-bond acceptors (Lipinski definition) is 5. The molecule has 0 bridgehead atoms. The van der Waals surface area contributed by atoms with Crippen LogP contribution >= 0.6 is 11.3 Å². The molecular weight excluding hydrogens is 369 g/mol. The van der Waals surface area contributed by atoms with Gasteiger partial charge in [0.25, 0.3) is 0 Å². The number of carbonyl (C=O) groups excluding carboxylic acids is 2. The molecule has 9 heteroatoms. The first-order valence-corrected chi connectivity index (χ1v) is 8.77. The molecular formula is C17H15F3N2O3S. The number of aromatic nitrogens is 1. The van der Waals surface area contributed by atoms with E-state index in [-0.39, 0.29) is 24.5 Å². The first kappa shape index (κ1) is 18.4. The van der Waals surface area contributed by atoms with Gasteiger partial charge in [0.05, 0.1) is 17.7 Å². The molecule has 1 aliphatic heterocycles. The van der Waals surface area contributed by atoms with Gasteiger partial charge in [-0.1, -0.05) is 12.1 Å². The lowest BCUT2D eigenvalue weighted by atomic mass is 10.1. The highest BCUT2D eigenvalue weighted by Crippen LogP contribution is 2.29. The molecule has 0 spiro atoms. The van der Waals surface area contributed by atoms with Gasteiger partial charge in [-0.3, -0.25) is 14.5 Å². The first-order chi connectivity index (χ1) is 12.3. The minimum atomic E-state index is -4.44. The van der Waals surface area contributed by atoms with Gasteiger partial charge in [0.2, 0.25) is 5.91 Å². The molecule has 0 atom stereocenters. The summed E-state index contributed by atoms with van der Waals surface area (Å²) in [6, 6.07) is 4.64. The molecule has 0 radical (unpaired) electrons. The molecule has 1 saturated heterocycles. The second-order valence-corrected chi connectivity index (χ2v) is 6.64. The van der Waals surface area contributed by atoms with Gasteiger partial charge in [0.1, 0.15) is 6.61 Å². The Balaban J connectivity index is 1.55. The van der Waals surface area contributed by atoms with E-state index in [0.717, 1.165) is 18.6 Å². The van der Waals surface area contributed by atoms with E-state index in [1.807, 2.05) is 0 Å². The molecule has 138 valence electrons. The average Bonchev–Trinajstić information content (AvgIpc) is 3.21. The third-order valence-electron chi connectivity index (χ3n) is 3.82. The lowest BCUT2D eigenvalue weighted by Gasteiger charge is -2.10. The zero-order chi connectivity index (χ0) is 18.7. The predicted molar refractivity (Wildman–Crippen MR) is 88.6 cm³/mol. The topological polar surface area (TPSA) is 59.5 Å². The highest BCUT2D eigenvalue weighted by Gasteiger charge is 2.30. The summed E-state index contributed by atoms with van der Waals surface area (Å²) in [5.41, 5.74) is -0.0565. The molecule has 0 aliphatic carbocycles. The van der Waals surface area contributed by atoms with Gasteiger partial charge < -0.3 is 4.74 Å². The standard InChI is InChI=1S/C17H15F3N2O3S/c18-17(19,20)12-4-1-3-11(7-12)9-25-15(24)8-13-10-26-16(21-13)22-6-2-5-14(22)23/h1,3-4,7,10H,2,5-6,8-9H2. The summed E-state index contributed by atoms with van der Waals surface area (Å²) in [5, 5.41) is 2.22. The van der Waals surface area contributed by atoms with Gasteiger partial charge in [0.15, 0.2) is 5.13 Å². The van der Waals surface area contributed by atoms with Crippen LogP contribution in [0.25, 0.3) is 0 Å². The van der Waals surface area contributed by atoms with Crippen LogP contribution in [-0.4, -0.2) is 23.4 Å². The maximum Gasteiger partial charge on any atom is 0.416 e. The number of rotatable bonds is 5. The zero-order valence-corrected chi connectivity index (χ0v) is 14.4. The SMILES string of the molecule is O=C(Cc1csc(N2CCCC2=O)n1)OCc1cccc(C(F)(F)F)c1. The Kier molecular flexibility index (Phi) is 5.26. The van der Waals surface area contributed by atoms with Crippen molar-refractivity contribution < 1.29 is 27.5 Å². The molecule has 1 fully saturated rings. The summed E-state index contributed by atoms with van der Waals surface area (Å²) < 4.78 is 43.0. The maximum atomic E-state index is 12.7. The van der Waals surface area contributed by atoms with E-state index in [0.29, 0.717) is 23.8 Å². The van der Waals surface area contributed by atoms with Crippen molar-refractivity contribution in [3.05, 3.63) is 46.5 Å². The fourth-order valence-corrected chi connectivity index (χ4v) is 3.42. The Hall–Kier alpha value is -2.42. The number of amides is 1. The van der Waals surface area contributed by atoms with Gasteiger partial charge in [-0.15, -0.1) is 11.3 Å². The second-order valence-electron chi connectivity index (χ2n) is 5.81. The minimum absolute atomic E-state index is 0.0121. The molecule has 1 aromatic heterocycles. The number of benzene rings is 1. The monoisotopic (exact) mass is 384 g/mol. The number of halogens is 3. The lowest BCUT2D eigenvalue weighted by Crippen LogP contribution is -2.23. The van der Waals surface area contributed by atoms with Crippen molar-refractivity contribution in [2.75, 3.05) is 11.4 Å². The van der Waals surface area contributed by atoms with E-state index in [2.05, 4.69) is 4.98 Å². The van der Waals surface area contributed by atoms with E-state index < -0.39 is 17.7 Å². The maximum absolute atomic E-state index is 12.7. The van der Waals surface area contributed by atoms with E-state index in [9.17, 15) is 22.8 Å². The van der Waals surface area contributed by atoms with Crippen LogP contribution in [0.1, 0.15) is 29.7 Å². The van der Waals surface area contributed by atoms with Crippen LogP contribution in [0.2, 0.25) is 0 Å². The minimum Gasteiger partial charge on any atom is -0.461 e. The molecule has 2 heterocycles. The molecule has 1 aliphatic rings. The first-order valence-electron chi connectivity index (χ1n) is 7.89. The van der Waals surface area contributed by atoms with Gasteiger partial charge in [-0.2, -0.15) is 13.2 Å². The molecule has 1 aromatic carbocycles. The summed E-state index contributed by atoms with van der Waals surface area (Å²) in [6.45, 7) is 0.371. The molecule has 26 heavy (non-hydrogen) atoms. The molecule has 3 rings (SSSR count). The summed E-state index contributed by atoms with van der Waals surface area (Å²) >= 11 is 1.27. The number of thiazole rings is 1. The number of esters is 1. The third-order valence-corrected chi connectivity index (χ3v) is 4.74. The van der Waals surface area contributed by atoms with Crippen LogP contribution in [0.3, 0.4) is 0 Å². The largest absolute Gasteiger partial charge is 0.461 e. The Bertz CT molecular complexity index is 820. The third kappa shape index (κ3) is 4.40. The smallest absolute Gasteiger partial charge is 0.416 e. The quantitative estimate of drug-likeness (QED) is 0.740. The molecule has 2 aromatic rings. The number of anilines is 1. The van der Waals surface area contributed by atoms with Crippen molar-refractivity contribution in [1.29, 1.82) is 0 Å². The van der Waals surface area contributed by atoms with E-state index in [1.54, 1.807) is 10.3 Å². The Morgan fingerprint density at radius 1 is 1.35 bits per heavy atom. The summed E-state index contributed by atoms with van der Waals surface area (Å²) in [4.78, 5) is 29.4. The van der Waals surface area contributed by atoms with Crippen LogP contribution < -0.4 is 4.90 Å². The summed E-state index contributed by atoms with van der Waals surface area (Å²) in [5.74, 6) is -0.579. The number of hydrogen-bond donors (Lipinski definition) is 0. The van der Waals surface area contributed by atoms with E-state index in [4.69, 9.17) is 4.74 Å². The van der Waals surface area contributed by atoms with Crippen molar-refractivity contribution in [1.82, 2.24) is 4.98 Å². The van der Waals surface area contributed by atoms with Crippen molar-refractivity contribution >= 4 is 28.3 Å². The van der Waals surface area contributed by atoms with Crippen LogP contribution in [0.5, 0.6) is 0 Å². The highest BCUT2D eigenvalue weighted by molar-refractivity contribution is 7.14. The number of alkyl halides is 3. The molecule has 0 N–H and O–H groups in total. The van der Waals surface area contributed by atoms with Crippen LogP contribution in [0.15, 0.2) is 29.6 Å². The zero-order valence-electron chi connectivity index (χ0n) is 13.6. The average molecular weight is 384 g/mol. The molecule has 0 saturated carbocycles. The van der Waals surface area contributed by atoms with Crippen molar-refractivity contribution in [3.63, 3.8) is 0 Å². The molecule has 5 nitrogen and oxygen atoms in total. The van der Waals surface area contributed by atoms with Crippen LogP contribution in [0, 0.1) is 0 Å². The summed E-state index contributed by atoms with van der Waals surface area (Å²) in [6.07, 6.45) is -3.26. The van der Waals surface area contributed by atoms with Crippen molar-refractivity contribution in [2.24, 2.45) is 0 Å². The van der Waals surface area contributed by atoms with E-state index in [1.165, 1.54) is 23.5 Å². The van der Waals surface area contributed by atoms with Gasteiger partial charge in [-0.05, 0) is 24.1 Å². The van der Waals surface area contributed by atoms with Crippen molar-refractivity contribution in [3.8, 4) is 0 Å². The van der Waals surface area contributed by atoms with Gasteiger partial charge in [-0.25, -0.2) is 4.98 Å². The number of nitrogens with zero attached hydrogens (tertiary/aromatic N) is 2. The van der Waals surface area contributed by atoms with Gasteiger partial charge >= 0.3 is 12.1 Å². The second kappa shape index (κ2) is 7.45. The number of carbonyl (C=O) groups is 2. The summed E-state index contributed by atoms with van der Waals surface area (Å²) in [7, 11) is 0. The lowest BCUT2D eigenvalue weighted by molar-refractivity contribution is -0.144. The highest BCUT2D eigenvalue weighted by atomic mass is 32.1. The van der Waals surface area contributed by atoms with Crippen molar-refractivity contribution in [2.45, 2.75) is 32.0 Å². The predicted octanol–water partition coefficient (Wildman–Crippen LogP) is 3.57. The number of ether oxygens (including phenoxy) is 1. The fourth-order valence-electron chi connectivity index (χ4n) is 2.55. The Morgan fingerprint density at radius 2 is 2.15 bits per heavy atom. The Morgan fingerprint density at radius 3 is 2.85 bits per heavy atom. The van der Waals surface area contributed by atoms with E-state index >= 15 is 0 Å². The van der Waals surface area contributed by atoms with Crippen LogP contribution in [-0.2, 0) is 33.5 Å². The Labute approximate surface area is 151 Å². The van der Waals surface area contributed by atoms with Crippen LogP contribution in [0.4, 0.5) is 18.3 Å².